The molecule has 198 valence electrons. The molecule has 8 nitrogen and oxygen atoms in total. The number of fused-ring (bicyclic) bond motifs is 3. The van der Waals surface area contributed by atoms with Gasteiger partial charge in [0.1, 0.15) is 0 Å². The van der Waals surface area contributed by atoms with Crippen LogP contribution in [0.1, 0.15) is 45.1 Å². The Morgan fingerprint density at radius 2 is 1.43 bits per heavy atom. The highest BCUT2D eigenvalue weighted by Gasteiger charge is 2.36. The molecular formula is C26H30N2O6S3. The number of hydrogen-bond donors (Lipinski definition) is 2. The molecule has 0 bridgehead atoms. The van der Waals surface area contributed by atoms with Crippen molar-refractivity contribution in [1.82, 2.24) is 4.72 Å². The van der Waals surface area contributed by atoms with Crippen LogP contribution < -0.4 is 9.86 Å². The number of nitrogens with one attached hydrogen (secondary N) is 1. The van der Waals surface area contributed by atoms with Crippen LogP contribution in [0.25, 0.3) is 22.3 Å². The average molecular weight is 563 g/mol. The molecule has 37 heavy (non-hydrogen) atoms. The van der Waals surface area contributed by atoms with E-state index in [1.54, 1.807) is 24.3 Å². The van der Waals surface area contributed by atoms with Gasteiger partial charge in [0.15, 0.2) is 0 Å². The monoisotopic (exact) mass is 562 g/mol. The molecule has 11 heteroatoms. The summed E-state index contributed by atoms with van der Waals surface area (Å²) in [5, 5.41) is 5.35. The van der Waals surface area contributed by atoms with Gasteiger partial charge in [0.25, 0.3) is 0 Å². The number of sulfone groups is 1. The molecule has 0 amide bonds. The van der Waals surface area contributed by atoms with E-state index in [-0.39, 0.29) is 19.6 Å². The van der Waals surface area contributed by atoms with Gasteiger partial charge < -0.3 is 0 Å². The smallest absolute Gasteiger partial charge is 0.225 e. The minimum atomic E-state index is -4.10. The average Bonchev–Trinajstić information content (AvgIpc) is 3.08. The van der Waals surface area contributed by atoms with Crippen molar-refractivity contribution < 1.29 is 25.3 Å². The van der Waals surface area contributed by atoms with Crippen molar-refractivity contribution in [2.75, 3.05) is 6.54 Å². The van der Waals surface area contributed by atoms with Crippen LogP contribution >= 0.6 is 0 Å². The van der Waals surface area contributed by atoms with Crippen molar-refractivity contribution in [1.29, 1.82) is 0 Å². The lowest BCUT2D eigenvalue weighted by Crippen LogP contribution is -2.24. The molecule has 1 heterocycles. The van der Waals surface area contributed by atoms with E-state index in [0.29, 0.717) is 35.2 Å². The summed E-state index contributed by atoms with van der Waals surface area (Å²) in [4.78, 5) is -0.0242. The lowest BCUT2D eigenvalue weighted by atomic mass is 9.94. The van der Waals surface area contributed by atoms with Gasteiger partial charge in [-0.1, -0.05) is 44.9 Å². The molecule has 1 aliphatic heterocycles. The fourth-order valence-corrected chi connectivity index (χ4v) is 7.91. The zero-order valence-electron chi connectivity index (χ0n) is 20.7. The topological polar surface area (TPSA) is 140 Å². The minimum Gasteiger partial charge on any atom is -0.225 e. The standard InChI is InChI=1S/C26H30N2O6S3/c1-3-5-7-20-15-22(36(27,31)32)17-25-26(20)23-16-19(10-13-24(23)35(25,29)30)18-8-11-21(12-9-18)37(33,34)28-14-6-4-2/h8-13,15-17,28H,3-7,14H2,1-2H3,(H2,27,31,32). The van der Waals surface area contributed by atoms with Crippen LogP contribution in [0.2, 0.25) is 0 Å². The third kappa shape index (κ3) is 5.37. The summed E-state index contributed by atoms with van der Waals surface area (Å²) in [6.07, 6.45) is 3.71. The molecule has 0 unspecified atom stereocenters. The summed E-state index contributed by atoms with van der Waals surface area (Å²) < 4.78 is 78.5. The predicted molar refractivity (Wildman–Crippen MR) is 143 cm³/mol. The molecule has 3 aromatic rings. The number of aryl methyl sites for hydroxylation is 1. The summed E-state index contributed by atoms with van der Waals surface area (Å²) in [6, 6.07) is 13.9. The molecule has 3 aromatic carbocycles. The van der Waals surface area contributed by atoms with E-state index in [2.05, 4.69) is 4.72 Å². The van der Waals surface area contributed by atoms with Crippen molar-refractivity contribution in [3.63, 3.8) is 0 Å². The van der Waals surface area contributed by atoms with Crippen LogP contribution in [0.4, 0.5) is 0 Å². The van der Waals surface area contributed by atoms with Crippen molar-refractivity contribution in [3.8, 4) is 22.3 Å². The Kier molecular flexibility index (Phi) is 7.64. The van der Waals surface area contributed by atoms with Gasteiger partial charge in [-0.15, -0.1) is 0 Å². The van der Waals surface area contributed by atoms with E-state index in [1.807, 2.05) is 13.8 Å². The zero-order valence-corrected chi connectivity index (χ0v) is 23.1. The Morgan fingerprint density at radius 3 is 2.05 bits per heavy atom. The molecule has 0 radical (unpaired) electrons. The van der Waals surface area contributed by atoms with E-state index in [1.165, 1.54) is 24.3 Å². The third-order valence-electron chi connectivity index (χ3n) is 6.43. The highest BCUT2D eigenvalue weighted by atomic mass is 32.2. The van der Waals surface area contributed by atoms with Crippen molar-refractivity contribution in [2.24, 2.45) is 5.14 Å². The normalized spacial score (nSPS) is 14.4. The van der Waals surface area contributed by atoms with E-state index < -0.39 is 29.9 Å². The number of sulfonamides is 2. The van der Waals surface area contributed by atoms with Gasteiger partial charge in [0, 0.05) is 17.7 Å². The lowest BCUT2D eigenvalue weighted by Gasteiger charge is -2.12. The van der Waals surface area contributed by atoms with E-state index in [9.17, 15) is 25.3 Å². The van der Waals surface area contributed by atoms with Gasteiger partial charge in [0.2, 0.25) is 29.9 Å². The van der Waals surface area contributed by atoms with Crippen molar-refractivity contribution in [2.45, 2.75) is 65.5 Å². The SMILES string of the molecule is CCCCNS(=O)(=O)c1ccc(-c2ccc3c(c2)-c2c(CCCC)cc(S(N)(=O)=O)cc2S3(=O)=O)cc1. The highest BCUT2D eigenvalue weighted by molar-refractivity contribution is 7.92. The van der Waals surface area contributed by atoms with Crippen LogP contribution in [-0.4, -0.2) is 31.8 Å². The number of primary sulfonamides is 1. The predicted octanol–water partition coefficient (Wildman–Crippen LogP) is 4.24. The molecule has 0 aromatic heterocycles. The fourth-order valence-electron chi connectivity index (χ4n) is 4.44. The quantitative estimate of drug-likeness (QED) is 0.277. The summed E-state index contributed by atoms with van der Waals surface area (Å²) in [5.74, 6) is 0. The maximum absolute atomic E-state index is 13.4. The molecule has 1 aliphatic rings. The highest BCUT2D eigenvalue weighted by Crippen LogP contribution is 2.47. The first-order valence-corrected chi connectivity index (χ1v) is 16.6. The van der Waals surface area contributed by atoms with Gasteiger partial charge in [0.05, 0.1) is 19.6 Å². The first-order chi connectivity index (χ1) is 17.4. The lowest BCUT2D eigenvalue weighted by molar-refractivity contribution is 0.578. The summed E-state index contributed by atoms with van der Waals surface area (Å²) in [7, 11) is -11.7. The summed E-state index contributed by atoms with van der Waals surface area (Å²) in [6.45, 7) is 4.34. The molecule has 3 N–H and O–H groups in total. The third-order valence-corrected chi connectivity index (χ3v) is 10.6. The second kappa shape index (κ2) is 10.3. The van der Waals surface area contributed by atoms with Crippen LogP contribution in [-0.2, 0) is 36.3 Å². The van der Waals surface area contributed by atoms with Crippen molar-refractivity contribution >= 4 is 29.9 Å². The van der Waals surface area contributed by atoms with Gasteiger partial charge in [-0.2, -0.15) is 0 Å². The molecule has 0 saturated carbocycles. The molecule has 4 rings (SSSR count). The molecule has 0 atom stereocenters. The maximum Gasteiger partial charge on any atom is 0.240 e. The Balaban J connectivity index is 1.80. The van der Waals surface area contributed by atoms with E-state index in [4.69, 9.17) is 5.14 Å². The first-order valence-electron chi connectivity index (χ1n) is 12.1. The second-order valence-electron chi connectivity index (χ2n) is 9.09. The number of nitrogens with two attached hydrogens (primary N) is 1. The second-order valence-corrected chi connectivity index (χ2v) is 14.3. The summed E-state index contributed by atoms with van der Waals surface area (Å²) in [5.41, 5.74) is 3.04. The largest absolute Gasteiger partial charge is 0.240 e. The van der Waals surface area contributed by atoms with E-state index in [0.717, 1.165) is 37.3 Å². The Labute approximate surface area is 218 Å². The van der Waals surface area contributed by atoms with Gasteiger partial charge in [-0.25, -0.2) is 35.1 Å². The number of rotatable bonds is 10. The fraction of sp³-hybridized carbons (Fsp3) is 0.308. The number of benzene rings is 3. The molecule has 0 spiro atoms. The van der Waals surface area contributed by atoms with Crippen LogP contribution in [0.5, 0.6) is 0 Å². The molecule has 0 fully saturated rings. The Morgan fingerprint density at radius 1 is 0.784 bits per heavy atom. The Hall–Kier alpha value is -2.57. The first kappa shape index (κ1) is 27.5. The minimum absolute atomic E-state index is 0.0585. The summed E-state index contributed by atoms with van der Waals surface area (Å²) >= 11 is 0. The Bertz CT molecular complexity index is 1660. The molecule has 0 aliphatic carbocycles. The van der Waals surface area contributed by atoms with Crippen LogP contribution in [0.3, 0.4) is 0 Å². The van der Waals surface area contributed by atoms with E-state index >= 15 is 0 Å². The number of hydrogen-bond acceptors (Lipinski definition) is 6. The molecular weight excluding hydrogens is 532 g/mol. The van der Waals surface area contributed by atoms with Gasteiger partial charge >= 0.3 is 0 Å². The zero-order chi connectivity index (χ0) is 27.0. The molecule has 0 saturated heterocycles. The maximum atomic E-state index is 13.4. The van der Waals surface area contributed by atoms with Crippen molar-refractivity contribution in [3.05, 3.63) is 60.2 Å². The van der Waals surface area contributed by atoms with Crippen LogP contribution in [0, 0.1) is 0 Å². The van der Waals surface area contributed by atoms with Crippen LogP contribution in [0.15, 0.2) is 74.2 Å². The van der Waals surface area contributed by atoms with Gasteiger partial charge in [-0.05, 0) is 72.4 Å². The number of unbranched alkanes of at least 4 members (excludes halogenated alkanes) is 2. The van der Waals surface area contributed by atoms with Gasteiger partial charge in [-0.3, -0.25) is 0 Å².